The Bertz CT molecular complexity index is 69.6. The van der Waals surface area contributed by atoms with Crippen LogP contribution < -0.4 is 51.4 Å². The van der Waals surface area contributed by atoms with Crippen LogP contribution in [0.15, 0.2) is 0 Å². The predicted octanol–water partition coefficient (Wildman–Crippen LogP) is -5.83. The normalized spacial score (nSPS) is 7.00. The smallest absolute Gasteiger partial charge is 0.784 e. The molecule has 0 saturated heterocycles. The first-order valence-electron chi connectivity index (χ1n) is 1.00. The van der Waals surface area contributed by atoms with Gasteiger partial charge in [0.25, 0.3) is 0 Å². The van der Waals surface area contributed by atoms with Crippen molar-refractivity contribution in [2.45, 2.75) is 0 Å². The molecule has 0 atom stereocenters. The van der Waals surface area contributed by atoms with Crippen LogP contribution in [-0.4, -0.2) is 32.1 Å². The first-order chi connectivity index (χ1) is 3.46. The summed E-state index contributed by atoms with van der Waals surface area (Å²) in [6, 6.07) is 0. The van der Waals surface area contributed by atoms with Gasteiger partial charge in [0.1, 0.15) is 0 Å². The summed E-state index contributed by atoms with van der Waals surface area (Å²) >= 11 is -6.22. The minimum atomic E-state index is -3.11. The van der Waals surface area contributed by atoms with Crippen LogP contribution in [0.3, 0.4) is 0 Å². The Balaban J connectivity index is -0.0000000300. The topological polar surface area (TPSA) is 158 Å². The van der Waals surface area contributed by atoms with E-state index in [1.54, 1.807) is 0 Å². The van der Waals surface area contributed by atoms with Crippen LogP contribution in [0.4, 0.5) is 0 Å². The van der Waals surface area contributed by atoms with Gasteiger partial charge in [-0.3, -0.25) is 8.42 Å². The van der Waals surface area contributed by atoms with E-state index in [0.717, 1.165) is 0 Å². The zero-order valence-electron chi connectivity index (χ0n) is 4.77. The third-order valence-corrected chi connectivity index (χ3v) is 0. The van der Waals surface area contributed by atoms with E-state index in [0.29, 0.717) is 0 Å². The Labute approximate surface area is 105 Å². The molecule has 0 aromatic heterocycles. The summed E-state index contributed by atoms with van der Waals surface area (Å²) in [4.78, 5) is 0. The van der Waals surface area contributed by atoms with Gasteiger partial charge in [-0.2, -0.15) is 0 Å². The average molecular weight is 217 g/mol. The van der Waals surface area contributed by atoms with E-state index in [9.17, 15) is 0 Å². The molecule has 2 N–H and O–H groups in total. The van der Waals surface area contributed by atoms with Crippen LogP contribution in [0.5, 0.6) is 0 Å². The van der Waals surface area contributed by atoms with Crippen LogP contribution >= 0.6 is 0 Å². The minimum Gasteiger partial charge on any atom is -0.784 e. The van der Waals surface area contributed by atoms with Crippen molar-refractivity contribution in [1.82, 2.24) is 0 Å². The molecule has 0 bridgehead atoms. The van der Waals surface area contributed by atoms with Crippen molar-refractivity contribution in [1.29, 1.82) is 0 Å². The molecule has 0 heterocycles. The van der Waals surface area contributed by atoms with Crippen LogP contribution in [0.1, 0.15) is 0 Å². The summed E-state index contributed by atoms with van der Waals surface area (Å²) in [5.74, 6) is 0. The Morgan fingerprint density at radius 1 is 0.800 bits per heavy atom. The molecule has 10 heavy (non-hydrogen) atoms. The first-order valence-corrected chi connectivity index (χ1v) is 3.00. The summed E-state index contributed by atoms with van der Waals surface area (Å²) in [6.07, 6.45) is 0. The molecule has 10 heteroatoms. The van der Waals surface area contributed by atoms with E-state index in [1.807, 2.05) is 0 Å². The Kier molecular flexibility index (Phi) is 38.4. The van der Waals surface area contributed by atoms with Crippen molar-refractivity contribution in [3.63, 3.8) is 0 Å². The maximum Gasteiger partial charge on any atom is 1.00 e. The number of rotatable bonds is 0. The van der Waals surface area contributed by atoms with Gasteiger partial charge in [0.2, 0.25) is 0 Å². The molecule has 0 radical (unpaired) electrons. The van der Waals surface area contributed by atoms with Crippen LogP contribution in [-0.2, 0) is 22.7 Å². The van der Waals surface area contributed by atoms with Gasteiger partial charge in [-0.25, -0.2) is 0 Å². The quantitative estimate of drug-likeness (QED) is 0.290. The van der Waals surface area contributed by atoms with Gasteiger partial charge >= 0.3 is 51.4 Å². The fraction of sp³-hybridized carbons (Fsp3) is 0. The van der Waals surface area contributed by atoms with E-state index in [1.165, 1.54) is 0 Å². The van der Waals surface area contributed by atoms with Gasteiger partial charge < -0.3 is 23.7 Å². The molecule has 0 rings (SSSR count). The second-order valence-corrected chi connectivity index (χ2v) is 1.22. The summed E-state index contributed by atoms with van der Waals surface area (Å²) in [5, 5.41) is 0. The van der Waals surface area contributed by atoms with E-state index >= 15 is 0 Å². The predicted molar refractivity (Wildman–Crippen MR) is 23.0 cm³/mol. The summed E-state index contributed by atoms with van der Waals surface area (Å²) < 4.78 is 50.7. The third kappa shape index (κ3) is 246. The van der Waals surface area contributed by atoms with Crippen molar-refractivity contribution in [3.05, 3.63) is 0 Å². The average Bonchev–Trinajstić information content (AvgIpc) is 1.25. The van der Waals surface area contributed by atoms with Crippen molar-refractivity contribution in [3.8, 4) is 0 Å². The van der Waals surface area contributed by atoms with Crippen molar-refractivity contribution in [2.75, 3.05) is 0 Å². The summed E-state index contributed by atoms with van der Waals surface area (Å²) in [7, 11) is 0. The molecule has 0 unspecified atom stereocenters. The van der Waals surface area contributed by atoms with Gasteiger partial charge in [-0.15, -0.1) is 22.7 Å². The standard InChI is InChI=1S/K.2H2O3S.H2O/c;2*1-4(2)3;/h;2*(H2,1,2,3);1H2/q+1;;;/p-4. The molecule has 7 nitrogen and oxygen atoms in total. The largest absolute Gasteiger partial charge is 1.00 e. The van der Waals surface area contributed by atoms with Gasteiger partial charge in [-0.1, -0.05) is 0 Å². The van der Waals surface area contributed by atoms with E-state index in [4.69, 9.17) is 26.6 Å². The molecular formula is H2KO7S2-3. The van der Waals surface area contributed by atoms with Gasteiger partial charge in [0, 0.05) is 0 Å². The maximum atomic E-state index is 8.44. The molecule has 0 aliphatic heterocycles. The molecule has 0 spiro atoms. The zero-order valence-corrected chi connectivity index (χ0v) is 9.52. The maximum absolute atomic E-state index is 8.44. The molecule has 0 amide bonds. The van der Waals surface area contributed by atoms with E-state index < -0.39 is 22.7 Å². The van der Waals surface area contributed by atoms with E-state index in [-0.39, 0.29) is 56.9 Å². The molecule has 60 valence electrons. The molecule has 0 aliphatic rings. The van der Waals surface area contributed by atoms with Crippen molar-refractivity contribution < 1.29 is 83.5 Å². The zero-order chi connectivity index (χ0) is 7.15. The number of hydrogen-bond acceptors (Lipinski definition) is 6. The second-order valence-electron chi connectivity index (χ2n) is 0.408. The molecule has 0 aliphatic carbocycles. The number of hydrogen-bond donors (Lipinski definition) is 0. The van der Waals surface area contributed by atoms with Crippen LogP contribution in [0.2, 0.25) is 0 Å². The fourth-order valence-electron chi connectivity index (χ4n) is 0. The third-order valence-electron chi connectivity index (χ3n) is 0. The fourth-order valence-corrected chi connectivity index (χ4v) is 0. The summed E-state index contributed by atoms with van der Waals surface area (Å²) in [6.45, 7) is 0. The Morgan fingerprint density at radius 2 is 0.800 bits per heavy atom. The molecule has 0 aromatic carbocycles. The first kappa shape index (κ1) is 22.6. The molecular weight excluding hydrogens is 215 g/mol. The van der Waals surface area contributed by atoms with Crippen LogP contribution in [0.25, 0.3) is 0 Å². The molecule has 0 saturated carbocycles. The minimum absolute atomic E-state index is 0. The molecule has 0 aromatic rings. The Hall–Kier alpha value is 1.74. The van der Waals surface area contributed by atoms with Gasteiger partial charge in [-0.05, 0) is 0 Å². The SMILES string of the molecule is O.O=S([O-])[O-].O=S([O-])[O-].[K+]. The Morgan fingerprint density at radius 3 is 0.800 bits per heavy atom. The van der Waals surface area contributed by atoms with Gasteiger partial charge in [0.15, 0.2) is 0 Å². The summed E-state index contributed by atoms with van der Waals surface area (Å²) in [5.41, 5.74) is 0. The van der Waals surface area contributed by atoms with E-state index in [2.05, 4.69) is 0 Å². The van der Waals surface area contributed by atoms with Crippen molar-refractivity contribution in [2.24, 2.45) is 0 Å². The van der Waals surface area contributed by atoms with Crippen molar-refractivity contribution >= 4 is 22.7 Å². The van der Waals surface area contributed by atoms with Gasteiger partial charge in [0.05, 0.1) is 0 Å². The molecule has 0 fully saturated rings. The second kappa shape index (κ2) is 17.0. The monoisotopic (exact) mass is 217 g/mol. The van der Waals surface area contributed by atoms with Crippen LogP contribution in [0, 0.1) is 0 Å².